The fraction of sp³-hybridized carbons (Fsp3) is 0.238. The number of pyridine rings is 1. The van der Waals surface area contributed by atoms with Crippen molar-refractivity contribution >= 4 is 29.6 Å². The van der Waals surface area contributed by atoms with Crippen LogP contribution in [0.2, 0.25) is 0 Å². The lowest BCUT2D eigenvalue weighted by Crippen LogP contribution is -2.56. The number of carbonyl (C=O) groups excluding carboxylic acids is 4. The topological polar surface area (TPSA) is 145 Å². The zero-order chi connectivity index (χ0) is 22.5. The molecule has 10 heteroatoms. The second-order valence-corrected chi connectivity index (χ2v) is 6.73. The highest BCUT2D eigenvalue weighted by molar-refractivity contribution is 6.23. The van der Waals surface area contributed by atoms with E-state index in [1.807, 2.05) is 0 Å². The summed E-state index contributed by atoms with van der Waals surface area (Å²) in [4.78, 5) is 64.6. The molecule has 2 aliphatic heterocycles. The van der Waals surface area contributed by atoms with Gasteiger partial charge in [-0.25, -0.2) is 4.79 Å². The maximum absolute atomic E-state index is 12.4. The lowest BCUT2D eigenvalue weighted by atomic mass is 10.0. The number of rotatable bonds is 4. The SMILES string of the molecule is O=C(O)c1cccnc1.O=C1CCC(N2C(=O)c3ccccc3C2=O)C(=O)N1CCO. The zero-order valence-corrected chi connectivity index (χ0v) is 16.3. The van der Waals surface area contributed by atoms with Gasteiger partial charge in [0.2, 0.25) is 5.91 Å². The maximum atomic E-state index is 12.4. The number of amides is 4. The predicted molar refractivity (Wildman–Crippen MR) is 105 cm³/mol. The van der Waals surface area contributed by atoms with E-state index < -0.39 is 35.6 Å². The van der Waals surface area contributed by atoms with Crippen molar-refractivity contribution < 1.29 is 34.2 Å². The summed E-state index contributed by atoms with van der Waals surface area (Å²) < 4.78 is 0. The number of aromatic nitrogens is 1. The third kappa shape index (κ3) is 4.33. The molecule has 0 bridgehead atoms. The first-order valence-corrected chi connectivity index (χ1v) is 9.42. The summed E-state index contributed by atoms with van der Waals surface area (Å²) in [6.45, 7) is -0.482. The summed E-state index contributed by atoms with van der Waals surface area (Å²) in [5.41, 5.74) is 0.759. The van der Waals surface area contributed by atoms with E-state index in [9.17, 15) is 24.0 Å². The Bertz CT molecular complexity index is 1000. The minimum absolute atomic E-state index is 0.0593. The van der Waals surface area contributed by atoms with Crippen LogP contribution in [-0.2, 0) is 9.59 Å². The van der Waals surface area contributed by atoms with Crippen molar-refractivity contribution in [3.8, 4) is 0 Å². The molecule has 0 spiro atoms. The molecule has 10 nitrogen and oxygen atoms in total. The Morgan fingerprint density at radius 2 is 1.68 bits per heavy atom. The van der Waals surface area contributed by atoms with E-state index in [0.29, 0.717) is 0 Å². The first-order valence-electron chi connectivity index (χ1n) is 9.42. The number of likely N-dealkylation sites (tertiary alicyclic amines) is 1. The van der Waals surface area contributed by atoms with Crippen molar-refractivity contribution in [2.45, 2.75) is 18.9 Å². The zero-order valence-electron chi connectivity index (χ0n) is 16.3. The number of carbonyl (C=O) groups is 5. The normalized spacial score (nSPS) is 17.9. The van der Waals surface area contributed by atoms with Crippen LogP contribution in [-0.4, -0.2) is 73.8 Å². The Hall–Kier alpha value is -3.92. The molecule has 1 fully saturated rings. The van der Waals surface area contributed by atoms with E-state index in [1.165, 1.54) is 18.5 Å². The van der Waals surface area contributed by atoms with Gasteiger partial charge in [0.1, 0.15) is 6.04 Å². The number of piperidine rings is 1. The highest BCUT2D eigenvalue weighted by Crippen LogP contribution is 2.28. The van der Waals surface area contributed by atoms with Crippen LogP contribution in [0, 0.1) is 0 Å². The smallest absolute Gasteiger partial charge is 0.337 e. The average molecular weight is 425 g/mol. The van der Waals surface area contributed by atoms with Crippen LogP contribution in [0.15, 0.2) is 48.8 Å². The number of imide groups is 2. The van der Waals surface area contributed by atoms with Gasteiger partial charge in [0.25, 0.3) is 17.7 Å². The largest absolute Gasteiger partial charge is 0.478 e. The maximum Gasteiger partial charge on any atom is 0.337 e. The summed E-state index contributed by atoms with van der Waals surface area (Å²) >= 11 is 0. The number of aliphatic hydroxyl groups is 1. The van der Waals surface area contributed by atoms with Gasteiger partial charge in [-0.15, -0.1) is 0 Å². The molecule has 0 radical (unpaired) electrons. The van der Waals surface area contributed by atoms with Crippen molar-refractivity contribution in [2.75, 3.05) is 13.2 Å². The Morgan fingerprint density at radius 3 is 2.16 bits per heavy atom. The van der Waals surface area contributed by atoms with Crippen LogP contribution < -0.4 is 0 Å². The summed E-state index contributed by atoms with van der Waals surface area (Å²) in [7, 11) is 0. The second-order valence-electron chi connectivity index (χ2n) is 6.73. The van der Waals surface area contributed by atoms with Gasteiger partial charge in [-0.3, -0.25) is 34.0 Å². The summed E-state index contributed by atoms with van der Waals surface area (Å²) in [5.74, 6) is -2.98. The van der Waals surface area contributed by atoms with Crippen LogP contribution in [0.25, 0.3) is 0 Å². The van der Waals surface area contributed by atoms with E-state index in [2.05, 4.69) is 4.98 Å². The summed E-state index contributed by atoms with van der Waals surface area (Å²) in [6.07, 6.45) is 3.02. The monoisotopic (exact) mass is 425 g/mol. The number of hydrogen-bond donors (Lipinski definition) is 2. The number of β-amino-alcohol motifs (C(OH)–C–C–N with tert-alkyl or cyclic N) is 1. The Morgan fingerprint density at radius 1 is 1.03 bits per heavy atom. The van der Waals surface area contributed by atoms with Gasteiger partial charge < -0.3 is 10.2 Å². The number of nitrogens with zero attached hydrogens (tertiary/aromatic N) is 3. The molecule has 1 saturated heterocycles. The number of aliphatic hydroxyl groups excluding tert-OH is 1. The van der Waals surface area contributed by atoms with Crippen LogP contribution in [0.3, 0.4) is 0 Å². The number of hydrogen-bond acceptors (Lipinski definition) is 7. The Labute approximate surface area is 176 Å². The second kappa shape index (κ2) is 9.26. The molecule has 2 aromatic rings. The molecule has 2 aliphatic rings. The lowest BCUT2D eigenvalue weighted by molar-refractivity contribution is -0.152. The van der Waals surface area contributed by atoms with E-state index in [4.69, 9.17) is 10.2 Å². The van der Waals surface area contributed by atoms with Crippen molar-refractivity contribution in [1.29, 1.82) is 0 Å². The molecule has 4 rings (SSSR count). The van der Waals surface area contributed by atoms with E-state index in [1.54, 1.807) is 30.3 Å². The van der Waals surface area contributed by atoms with E-state index >= 15 is 0 Å². The minimum atomic E-state index is -0.989. The molecular formula is C21H19N3O7. The minimum Gasteiger partial charge on any atom is -0.478 e. The average Bonchev–Trinajstić information content (AvgIpc) is 3.03. The number of aromatic carboxylic acids is 1. The van der Waals surface area contributed by atoms with Gasteiger partial charge in [-0.1, -0.05) is 12.1 Å². The first kappa shape index (κ1) is 21.8. The molecule has 1 unspecified atom stereocenters. The lowest BCUT2D eigenvalue weighted by Gasteiger charge is -2.34. The number of carboxylic acid groups (broad SMARTS) is 1. The molecule has 0 aliphatic carbocycles. The Balaban J connectivity index is 0.000000254. The standard InChI is InChI=1S/C15H14N2O5.C6H5NO2/c18-8-7-16-12(19)6-5-11(15(16)22)17-13(20)9-3-1-2-4-10(9)14(17)21;8-6(9)5-2-1-3-7-4-5/h1-4,11,18H,5-8H2;1-4H,(H,8,9). The van der Waals surface area contributed by atoms with Crippen molar-refractivity contribution in [2.24, 2.45) is 0 Å². The van der Waals surface area contributed by atoms with Crippen molar-refractivity contribution in [3.63, 3.8) is 0 Å². The highest BCUT2D eigenvalue weighted by atomic mass is 16.4. The van der Waals surface area contributed by atoms with Crippen molar-refractivity contribution in [3.05, 3.63) is 65.5 Å². The van der Waals surface area contributed by atoms with Crippen LogP contribution in [0.5, 0.6) is 0 Å². The fourth-order valence-corrected chi connectivity index (χ4v) is 3.38. The molecular weight excluding hydrogens is 406 g/mol. The highest BCUT2D eigenvalue weighted by Gasteiger charge is 2.46. The number of carboxylic acids is 1. The quantitative estimate of drug-likeness (QED) is 0.677. The third-order valence-corrected chi connectivity index (χ3v) is 4.85. The number of benzene rings is 1. The molecule has 1 atom stereocenters. The molecule has 3 heterocycles. The predicted octanol–water partition coefficient (Wildman–Crippen LogP) is 0.572. The van der Waals surface area contributed by atoms with E-state index in [-0.39, 0.29) is 42.7 Å². The van der Waals surface area contributed by atoms with Gasteiger partial charge in [0.15, 0.2) is 0 Å². The van der Waals surface area contributed by atoms with Crippen LogP contribution >= 0.6 is 0 Å². The molecule has 2 N–H and O–H groups in total. The number of fused-ring (bicyclic) bond motifs is 1. The summed E-state index contributed by atoms with van der Waals surface area (Å²) in [5, 5.41) is 17.3. The molecule has 0 saturated carbocycles. The fourth-order valence-electron chi connectivity index (χ4n) is 3.38. The van der Waals surface area contributed by atoms with Gasteiger partial charge in [-0.2, -0.15) is 0 Å². The first-order chi connectivity index (χ1) is 14.9. The molecule has 1 aromatic heterocycles. The van der Waals surface area contributed by atoms with Crippen molar-refractivity contribution in [1.82, 2.24) is 14.8 Å². The van der Waals surface area contributed by atoms with Gasteiger partial charge >= 0.3 is 5.97 Å². The van der Waals surface area contributed by atoms with Gasteiger partial charge in [0.05, 0.1) is 29.8 Å². The molecule has 4 amide bonds. The Kier molecular flexibility index (Phi) is 6.51. The summed E-state index contributed by atoms with van der Waals surface area (Å²) in [6, 6.07) is 8.48. The molecule has 31 heavy (non-hydrogen) atoms. The van der Waals surface area contributed by atoms with Crippen LogP contribution in [0.1, 0.15) is 43.9 Å². The van der Waals surface area contributed by atoms with Gasteiger partial charge in [0, 0.05) is 18.8 Å². The third-order valence-electron chi connectivity index (χ3n) is 4.85. The molecule has 1 aromatic carbocycles. The molecule has 160 valence electrons. The van der Waals surface area contributed by atoms with E-state index in [0.717, 1.165) is 9.80 Å². The van der Waals surface area contributed by atoms with Crippen LogP contribution in [0.4, 0.5) is 0 Å². The van der Waals surface area contributed by atoms with Gasteiger partial charge in [-0.05, 0) is 30.7 Å².